The van der Waals surface area contributed by atoms with Crippen molar-refractivity contribution in [3.05, 3.63) is 12.2 Å². The van der Waals surface area contributed by atoms with Crippen LogP contribution in [0.4, 0.5) is 0 Å². The molecule has 1 N–H and O–H groups in total. The summed E-state index contributed by atoms with van der Waals surface area (Å²) in [5.74, 6) is 0. The molecule has 0 aliphatic carbocycles. The maximum Gasteiger partial charge on any atom is 0.0647 e. The van der Waals surface area contributed by atoms with Gasteiger partial charge in [0.1, 0.15) is 0 Å². The van der Waals surface area contributed by atoms with E-state index in [0.29, 0.717) is 6.04 Å². The normalized spacial score (nSPS) is 13.0. The molecule has 0 aromatic heterocycles. The molecule has 0 atom stereocenters. The Morgan fingerprint density at radius 2 is 2.00 bits per heavy atom. The Morgan fingerprint density at radius 1 is 1.36 bits per heavy atom. The lowest BCUT2D eigenvalue weighted by Gasteiger charge is -2.25. The highest BCUT2D eigenvalue weighted by molar-refractivity contribution is 4.77. The first-order chi connectivity index (χ1) is 6.48. The lowest BCUT2D eigenvalue weighted by molar-refractivity contribution is 0.0790. The molecule has 0 radical (unpaired) electrons. The maximum atomic E-state index is 5.54. The largest absolute Gasteiger partial charge is 0.377 e. The molecule has 0 spiro atoms. The first kappa shape index (κ1) is 13.7. The fourth-order valence-electron chi connectivity index (χ4n) is 1.03. The Hall–Kier alpha value is -0.340. The van der Waals surface area contributed by atoms with Crippen LogP contribution >= 0.6 is 0 Å². The van der Waals surface area contributed by atoms with Gasteiger partial charge in [0.2, 0.25) is 0 Å². The first-order valence-corrected chi connectivity index (χ1v) is 5.40. The summed E-state index contributed by atoms with van der Waals surface area (Å²) in [6.45, 7) is 13.3. The molecule has 0 aromatic rings. The summed E-state index contributed by atoms with van der Waals surface area (Å²) in [7, 11) is 0. The molecule has 2 nitrogen and oxygen atoms in total. The average molecular weight is 199 g/mol. The van der Waals surface area contributed by atoms with Gasteiger partial charge < -0.3 is 10.1 Å². The van der Waals surface area contributed by atoms with Gasteiger partial charge in [-0.3, -0.25) is 0 Å². The second-order valence-electron chi connectivity index (χ2n) is 4.78. The Bertz CT molecular complexity index is 162. The van der Waals surface area contributed by atoms with Crippen molar-refractivity contribution in [2.24, 2.45) is 5.41 Å². The van der Waals surface area contributed by atoms with Gasteiger partial charge in [-0.05, 0) is 6.92 Å². The van der Waals surface area contributed by atoms with E-state index >= 15 is 0 Å². The summed E-state index contributed by atoms with van der Waals surface area (Å²) in [5, 5.41) is 3.43. The summed E-state index contributed by atoms with van der Waals surface area (Å²) in [5.41, 5.74) is 0.214. The van der Waals surface area contributed by atoms with Gasteiger partial charge in [0, 0.05) is 18.0 Å². The molecule has 84 valence electrons. The highest BCUT2D eigenvalue weighted by atomic mass is 16.5. The topological polar surface area (TPSA) is 21.3 Å². The van der Waals surface area contributed by atoms with Gasteiger partial charge in [0.15, 0.2) is 0 Å². The van der Waals surface area contributed by atoms with Crippen molar-refractivity contribution < 1.29 is 4.74 Å². The summed E-state index contributed by atoms with van der Waals surface area (Å²) in [4.78, 5) is 0. The molecule has 0 saturated carbocycles. The van der Waals surface area contributed by atoms with Crippen LogP contribution in [0.25, 0.3) is 0 Å². The van der Waals surface area contributed by atoms with Gasteiger partial charge in [-0.25, -0.2) is 0 Å². The van der Waals surface area contributed by atoms with Crippen LogP contribution in [0.15, 0.2) is 12.2 Å². The average Bonchev–Trinajstić information content (AvgIpc) is 2.10. The zero-order valence-electron chi connectivity index (χ0n) is 10.3. The number of hydrogen-bond acceptors (Lipinski definition) is 2. The van der Waals surface area contributed by atoms with E-state index in [1.807, 2.05) is 19.1 Å². The van der Waals surface area contributed by atoms with Crippen LogP contribution in [-0.4, -0.2) is 25.8 Å². The Balaban J connectivity index is 3.60. The van der Waals surface area contributed by atoms with Crippen molar-refractivity contribution in [2.75, 3.05) is 19.8 Å². The molecule has 0 aliphatic heterocycles. The van der Waals surface area contributed by atoms with Crippen molar-refractivity contribution in [2.45, 2.75) is 40.7 Å². The number of nitrogens with one attached hydrogen (secondary N) is 1. The van der Waals surface area contributed by atoms with Crippen LogP contribution in [0.1, 0.15) is 34.6 Å². The van der Waals surface area contributed by atoms with E-state index in [1.54, 1.807) is 0 Å². The van der Waals surface area contributed by atoms with Crippen LogP contribution in [0.3, 0.4) is 0 Å². The molecule has 0 aromatic carbocycles. The van der Waals surface area contributed by atoms with Gasteiger partial charge in [-0.2, -0.15) is 0 Å². The van der Waals surface area contributed by atoms with E-state index in [4.69, 9.17) is 4.74 Å². The lowest BCUT2D eigenvalue weighted by Crippen LogP contribution is -2.36. The van der Waals surface area contributed by atoms with Gasteiger partial charge in [0.25, 0.3) is 0 Å². The quantitative estimate of drug-likeness (QED) is 0.502. The molecule has 14 heavy (non-hydrogen) atoms. The zero-order chi connectivity index (χ0) is 11.0. The Morgan fingerprint density at radius 3 is 2.50 bits per heavy atom. The smallest absolute Gasteiger partial charge is 0.0647 e. The fourth-order valence-corrected chi connectivity index (χ4v) is 1.03. The monoisotopic (exact) mass is 199 g/mol. The molecule has 0 fully saturated rings. The predicted molar refractivity (Wildman–Crippen MR) is 62.6 cm³/mol. The lowest BCUT2D eigenvalue weighted by atomic mass is 9.94. The summed E-state index contributed by atoms with van der Waals surface area (Å²) in [6.07, 6.45) is 4.05. The molecular formula is C12H25NO. The van der Waals surface area contributed by atoms with E-state index < -0.39 is 0 Å². The molecule has 0 heterocycles. The van der Waals surface area contributed by atoms with E-state index in [0.717, 1.165) is 19.8 Å². The minimum Gasteiger partial charge on any atom is -0.377 e. The number of rotatable bonds is 7. The van der Waals surface area contributed by atoms with Crippen molar-refractivity contribution in [1.82, 2.24) is 5.32 Å². The summed E-state index contributed by atoms with van der Waals surface area (Å²) >= 11 is 0. The number of hydrogen-bond donors (Lipinski definition) is 1. The summed E-state index contributed by atoms with van der Waals surface area (Å²) in [6, 6.07) is 0.546. The van der Waals surface area contributed by atoms with Crippen molar-refractivity contribution >= 4 is 0 Å². The van der Waals surface area contributed by atoms with Gasteiger partial charge >= 0.3 is 0 Å². The third-order valence-corrected chi connectivity index (χ3v) is 1.93. The van der Waals surface area contributed by atoms with Crippen molar-refractivity contribution in [3.8, 4) is 0 Å². The Labute approximate surface area is 88.7 Å². The molecular weight excluding hydrogens is 174 g/mol. The number of allylic oxidation sites excluding steroid dienone is 1. The zero-order valence-corrected chi connectivity index (χ0v) is 10.3. The number of ether oxygens (including phenoxy) is 1. The molecule has 0 aliphatic rings. The first-order valence-electron chi connectivity index (χ1n) is 5.40. The van der Waals surface area contributed by atoms with Crippen LogP contribution < -0.4 is 5.32 Å². The molecule has 0 saturated heterocycles. The van der Waals surface area contributed by atoms with Crippen molar-refractivity contribution in [3.63, 3.8) is 0 Å². The van der Waals surface area contributed by atoms with E-state index in [-0.39, 0.29) is 5.41 Å². The minimum atomic E-state index is 0.214. The highest BCUT2D eigenvalue weighted by Crippen LogP contribution is 2.14. The standard InChI is InChI=1S/C12H25NO/c1-6-7-8-14-10-12(4,5)9-13-11(2)3/h6-7,11,13H,8-10H2,1-5H3. The third kappa shape index (κ3) is 8.27. The van der Waals surface area contributed by atoms with Crippen molar-refractivity contribution in [1.29, 1.82) is 0 Å². The van der Waals surface area contributed by atoms with Gasteiger partial charge in [0.05, 0.1) is 13.2 Å². The third-order valence-electron chi connectivity index (χ3n) is 1.93. The summed E-state index contributed by atoms with van der Waals surface area (Å²) < 4.78 is 5.54. The van der Waals surface area contributed by atoms with Crippen LogP contribution in [0.2, 0.25) is 0 Å². The van der Waals surface area contributed by atoms with Gasteiger partial charge in [-0.15, -0.1) is 0 Å². The Kier molecular flexibility index (Phi) is 6.85. The van der Waals surface area contributed by atoms with Crippen LogP contribution in [-0.2, 0) is 4.74 Å². The fraction of sp³-hybridized carbons (Fsp3) is 0.833. The van der Waals surface area contributed by atoms with Crippen LogP contribution in [0.5, 0.6) is 0 Å². The minimum absolute atomic E-state index is 0.214. The second kappa shape index (κ2) is 7.02. The maximum absolute atomic E-state index is 5.54. The molecule has 0 unspecified atom stereocenters. The highest BCUT2D eigenvalue weighted by Gasteiger charge is 2.17. The van der Waals surface area contributed by atoms with E-state index in [9.17, 15) is 0 Å². The molecule has 0 amide bonds. The van der Waals surface area contributed by atoms with Crippen LogP contribution in [0, 0.1) is 5.41 Å². The second-order valence-corrected chi connectivity index (χ2v) is 4.78. The molecule has 0 bridgehead atoms. The SMILES string of the molecule is CC=CCOCC(C)(C)CNC(C)C. The predicted octanol–water partition coefficient (Wildman–Crippen LogP) is 2.60. The van der Waals surface area contributed by atoms with E-state index in [1.165, 1.54) is 0 Å². The molecule has 2 heteroatoms. The van der Waals surface area contributed by atoms with Gasteiger partial charge in [-0.1, -0.05) is 39.8 Å². The van der Waals surface area contributed by atoms with E-state index in [2.05, 4.69) is 33.0 Å². The molecule has 0 rings (SSSR count).